The maximum Gasteiger partial charge on any atom is 0.258 e. The third-order valence-corrected chi connectivity index (χ3v) is 4.61. The van der Waals surface area contributed by atoms with Gasteiger partial charge in [-0.15, -0.1) is 0 Å². The van der Waals surface area contributed by atoms with Crippen LogP contribution in [0.4, 0.5) is 5.69 Å². The monoisotopic (exact) mass is 302 g/mol. The van der Waals surface area contributed by atoms with E-state index in [2.05, 4.69) is 17.0 Å². The number of rotatable bonds is 3. The second kappa shape index (κ2) is 5.58. The van der Waals surface area contributed by atoms with E-state index in [9.17, 15) is 4.79 Å². The predicted octanol–water partition coefficient (Wildman–Crippen LogP) is 3.33. The fourth-order valence-corrected chi connectivity index (χ4v) is 3.73. The van der Waals surface area contributed by atoms with Gasteiger partial charge >= 0.3 is 0 Å². The minimum absolute atomic E-state index is 0.0681. The first-order chi connectivity index (χ1) is 10.4. The summed E-state index contributed by atoms with van der Waals surface area (Å²) in [6, 6.07) is 8.41. The van der Waals surface area contributed by atoms with Gasteiger partial charge in [0.2, 0.25) is 0 Å². The largest absolute Gasteiger partial charge is 0.372 e. The molecule has 0 bridgehead atoms. The Morgan fingerprint density at radius 1 is 1.23 bits per heavy atom. The summed E-state index contributed by atoms with van der Waals surface area (Å²) in [6.07, 6.45) is 2.01. The molecular weight excluding hydrogens is 276 g/mol. The van der Waals surface area contributed by atoms with Crippen molar-refractivity contribution < 1.29 is 9.53 Å². The summed E-state index contributed by atoms with van der Waals surface area (Å²) in [5.41, 5.74) is 1.61. The third-order valence-electron chi connectivity index (χ3n) is 4.61. The van der Waals surface area contributed by atoms with E-state index in [4.69, 9.17) is 4.74 Å². The van der Waals surface area contributed by atoms with Crippen LogP contribution in [0.3, 0.4) is 0 Å². The highest BCUT2D eigenvalue weighted by Crippen LogP contribution is 2.39. The van der Waals surface area contributed by atoms with Gasteiger partial charge in [0.05, 0.1) is 0 Å². The molecule has 2 saturated heterocycles. The van der Waals surface area contributed by atoms with Gasteiger partial charge < -0.3 is 14.5 Å². The van der Waals surface area contributed by atoms with Crippen molar-refractivity contribution >= 4 is 11.6 Å². The Morgan fingerprint density at radius 3 is 2.50 bits per heavy atom. The zero-order chi connectivity index (χ0) is 15.9. The molecule has 0 spiro atoms. The maximum atomic E-state index is 12.8. The lowest BCUT2D eigenvalue weighted by Crippen LogP contribution is -2.46. The Balaban J connectivity index is 1.88. The first kappa shape index (κ1) is 15.3. The van der Waals surface area contributed by atoms with Crippen LogP contribution in [0.5, 0.6) is 0 Å². The molecular formula is C18H26N2O2. The van der Waals surface area contributed by atoms with Crippen LogP contribution in [-0.4, -0.2) is 35.7 Å². The SMILES string of the molecule is CC(C)N1C(=O)C(c2cccc(N3CCCC3)c2)OC1(C)C. The van der Waals surface area contributed by atoms with E-state index in [0.717, 1.165) is 18.7 Å². The summed E-state index contributed by atoms with van der Waals surface area (Å²) < 4.78 is 6.10. The summed E-state index contributed by atoms with van der Waals surface area (Å²) in [4.78, 5) is 17.0. The van der Waals surface area contributed by atoms with Crippen molar-refractivity contribution in [1.82, 2.24) is 4.90 Å². The molecule has 0 aliphatic carbocycles. The zero-order valence-electron chi connectivity index (χ0n) is 14.0. The molecule has 2 heterocycles. The van der Waals surface area contributed by atoms with E-state index in [1.807, 2.05) is 44.7 Å². The van der Waals surface area contributed by atoms with Crippen LogP contribution in [0.15, 0.2) is 24.3 Å². The molecule has 0 aromatic heterocycles. The maximum absolute atomic E-state index is 12.8. The Bertz CT molecular complexity index is 562. The molecule has 0 radical (unpaired) electrons. The van der Waals surface area contributed by atoms with Crippen molar-refractivity contribution in [3.05, 3.63) is 29.8 Å². The van der Waals surface area contributed by atoms with Gasteiger partial charge in [-0.2, -0.15) is 0 Å². The van der Waals surface area contributed by atoms with Gasteiger partial charge in [-0.3, -0.25) is 4.79 Å². The van der Waals surface area contributed by atoms with E-state index in [0.29, 0.717) is 0 Å². The van der Waals surface area contributed by atoms with Gasteiger partial charge in [-0.1, -0.05) is 12.1 Å². The average molecular weight is 302 g/mol. The van der Waals surface area contributed by atoms with Gasteiger partial charge in [-0.05, 0) is 58.2 Å². The molecule has 0 saturated carbocycles. The normalized spacial score (nSPS) is 24.6. The van der Waals surface area contributed by atoms with E-state index >= 15 is 0 Å². The second-order valence-electron chi connectivity index (χ2n) is 7.04. The highest BCUT2D eigenvalue weighted by molar-refractivity contribution is 5.85. The number of ether oxygens (including phenoxy) is 1. The highest BCUT2D eigenvalue weighted by Gasteiger charge is 2.47. The lowest BCUT2D eigenvalue weighted by Gasteiger charge is -2.32. The van der Waals surface area contributed by atoms with Crippen LogP contribution in [0, 0.1) is 0 Å². The number of benzene rings is 1. The first-order valence-electron chi connectivity index (χ1n) is 8.26. The van der Waals surface area contributed by atoms with Gasteiger partial charge in [0.25, 0.3) is 5.91 Å². The molecule has 4 nitrogen and oxygen atoms in total. The fraction of sp³-hybridized carbons (Fsp3) is 0.611. The molecule has 4 heteroatoms. The number of nitrogens with zero attached hydrogens (tertiary/aromatic N) is 2. The van der Waals surface area contributed by atoms with E-state index in [1.165, 1.54) is 18.5 Å². The van der Waals surface area contributed by atoms with Gasteiger partial charge in [0.15, 0.2) is 6.10 Å². The summed E-state index contributed by atoms with van der Waals surface area (Å²) in [5, 5.41) is 0. The van der Waals surface area contributed by atoms with Crippen molar-refractivity contribution in [2.24, 2.45) is 0 Å². The number of carbonyl (C=O) groups excluding carboxylic acids is 1. The molecule has 2 aliphatic rings. The van der Waals surface area contributed by atoms with E-state index in [1.54, 1.807) is 0 Å². The van der Waals surface area contributed by atoms with Crippen LogP contribution >= 0.6 is 0 Å². The molecule has 1 aromatic carbocycles. The summed E-state index contributed by atoms with van der Waals surface area (Å²) >= 11 is 0. The van der Waals surface area contributed by atoms with Crippen molar-refractivity contribution in [2.75, 3.05) is 18.0 Å². The second-order valence-corrected chi connectivity index (χ2v) is 7.04. The van der Waals surface area contributed by atoms with Gasteiger partial charge in [0.1, 0.15) is 5.72 Å². The Labute approximate surface area is 133 Å². The Hall–Kier alpha value is -1.55. The summed E-state index contributed by atoms with van der Waals surface area (Å²) in [5.74, 6) is 0.0681. The van der Waals surface area contributed by atoms with Crippen LogP contribution < -0.4 is 4.90 Å². The quantitative estimate of drug-likeness (QED) is 0.858. The lowest BCUT2D eigenvalue weighted by atomic mass is 10.1. The molecule has 3 rings (SSSR count). The molecule has 120 valence electrons. The molecule has 1 unspecified atom stereocenters. The van der Waals surface area contributed by atoms with Crippen LogP contribution in [0.1, 0.15) is 52.2 Å². The number of hydrogen-bond acceptors (Lipinski definition) is 3. The molecule has 2 fully saturated rings. The predicted molar refractivity (Wildman–Crippen MR) is 87.8 cm³/mol. The fourth-order valence-electron chi connectivity index (χ4n) is 3.73. The molecule has 1 aromatic rings. The summed E-state index contributed by atoms with van der Waals surface area (Å²) in [6.45, 7) is 10.2. The standard InChI is InChI=1S/C18H26N2O2/c1-13(2)20-17(21)16(22-18(20,3)4)14-8-7-9-15(12-14)19-10-5-6-11-19/h7-9,12-13,16H,5-6,10-11H2,1-4H3. The van der Waals surface area contributed by atoms with Crippen molar-refractivity contribution in [3.8, 4) is 0 Å². The van der Waals surface area contributed by atoms with Crippen molar-refractivity contribution in [2.45, 2.75) is 58.4 Å². The van der Waals surface area contributed by atoms with Crippen LogP contribution in [0.2, 0.25) is 0 Å². The molecule has 22 heavy (non-hydrogen) atoms. The van der Waals surface area contributed by atoms with Crippen LogP contribution in [-0.2, 0) is 9.53 Å². The van der Waals surface area contributed by atoms with Crippen molar-refractivity contribution in [1.29, 1.82) is 0 Å². The Morgan fingerprint density at radius 2 is 1.91 bits per heavy atom. The number of carbonyl (C=O) groups is 1. The zero-order valence-corrected chi connectivity index (χ0v) is 14.0. The van der Waals surface area contributed by atoms with E-state index in [-0.39, 0.29) is 11.9 Å². The van der Waals surface area contributed by atoms with Gasteiger partial charge in [0, 0.05) is 24.8 Å². The number of anilines is 1. The minimum atomic E-state index is -0.556. The number of amides is 1. The highest BCUT2D eigenvalue weighted by atomic mass is 16.5. The van der Waals surface area contributed by atoms with Crippen molar-refractivity contribution in [3.63, 3.8) is 0 Å². The van der Waals surface area contributed by atoms with Gasteiger partial charge in [-0.25, -0.2) is 0 Å². The number of hydrogen-bond donors (Lipinski definition) is 0. The minimum Gasteiger partial charge on any atom is -0.372 e. The topological polar surface area (TPSA) is 32.8 Å². The summed E-state index contributed by atoms with van der Waals surface area (Å²) in [7, 11) is 0. The third kappa shape index (κ3) is 2.60. The molecule has 0 N–H and O–H groups in total. The average Bonchev–Trinajstić information content (AvgIpc) is 3.05. The first-order valence-corrected chi connectivity index (χ1v) is 8.26. The Kier molecular flexibility index (Phi) is 3.89. The molecule has 2 aliphatic heterocycles. The van der Waals surface area contributed by atoms with Crippen LogP contribution in [0.25, 0.3) is 0 Å². The molecule has 1 atom stereocenters. The molecule has 1 amide bonds. The lowest BCUT2D eigenvalue weighted by molar-refractivity contribution is -0.134. The smallest absolute Gasteiger partial charge is 0.258 e. The van der Waals surface area contributed by atoms with E-state index < -0.39 is 11.8 Å².